The summed E-state index contributed by atoms with van der Waals surface area (Å²) in [5.41, 5.74) is 0. The van der Waals surface area contributed by atoms with Gasteiger partial charge in [-0.25, -0.2) is 0 Å². The molecule has 1 aromatic heterocycles. The van der Waals surface area contributed by atoms with Crippen molar-refractivity contribution in [1.82, 2.24) is 0 Å². The Kier molecular flexibility index (Phi) is 3.87. The first kappa shape index (κ1) is 7.95. The summed E-state index contributed by atoms with van der Waals surface area (Å²) >= 11 is 0. The Hall–Kier alpha value is -0.0500. The van der Waals surface area contributed by atoms with Crippen LogP contribution in [0.2, 0.25) is 0 Å². The summed E-state index contributed by atoms with van der Waals surface area (Å²) in [4.78, 5) is 0. The van der Waals surface area contributed by atoms with Crippen LogP contribution in [-0.2, 0) is 0 Å². The molecule has 0 aliphatic heterocycles. The van der Waals surface area contributed by atoms with Crippen LogP contribution in [0.4, 0.5) is 0 Å². The van der Waals surface area contributed by atoms with Gasteiger partial charge in [0, 0.05) is 41.7 Å². The van der Waals surface area contributed by atoms with Crippen LogP contribution in [0.5, 0.6) is 0 Å². The van der Waals surface area contributed by atoms with E-state index in [0.717, 1.165) is 4.73 Å². The van der Waals surface area contributed by atoms with E-state index in [9.17, 15) is 5.21 Å². The van der Waals surface area contributed by atoms with Crippen LogP contribution in [0.15, 0.2) is 30.6 Å². The Bertz CT molecular complexity index is 142. The third-order valence-corrected chi connectivity index (χ3v) is 0.688. The topological polar surface area (TPSA) is 26.9 Å². The van der Waals surface area contributed by atoms with Crippen LogP contribution >= 0.6 is 0 Å². The van der Waals surface area contributed by atoms with E-state index in [-0.39, 0.29) is 29.6 Å². The van der Waals surface area contributed by atoms with Gasteiger partial charge in [0.1, 0.15) is 0 Å². The quantitative estimate of drug-likeness (QED) is 0.266. The van der Waals surface area contributed by atoms with Gasteiger partial charge in [-0.3, -0.25) is 0 Å². The summed E-state index contributed by atoms with van der Waals surface area (Å²) in [7, 11) is 0. The number of nitrogens with zero attached hydrogens (tertiary/aromatic N) is 1. The second kappa shape index (κ2) is 3.89. The largest absolute Gasteiger partial charge is 0.619 e. The second-order valence-electron chi connectivity index (χ2n) is 1.24. The second-order valence-corrected chi connectivity index (χ2v) is 1.24. The van der Waals surface area contributed by atoms with Crippen LogP contribution in [0.25, 0.3) is 0 Å². The Morgan fingerprint density at radius 1 is 1.00 bits per heavy atom. The minimum Gasteiger partial charge on any atom is -0.619 e. The van der Waals surface area contributed by atoms with Crippen molar-refractivity contribution in [1.29, 1.82) is 0 Å². The van der Waals surface area contributed by atoms with Gasteiger partial charge in [-0.2, -0.15) is 4.73 Å². The van der Waals surface area contributed by atoms with Crippen LogP contribution in [0, 0.1) is 5.21 Å². The molecule has 37 valence electrons. The summed E-state index contributed by atoms with van der Waals surface area (Å²) < 4.78 is 0.750. The van der Waals surface area contributed by atoms with Crippen LogP contribution < -0.4 is 4.73 Å². The van der Waals surface area contributed by atoms with E-state index in [0.29, 0.717) is 0 Å². The van der Waals surface area contributed by atoms with Crippen molar-refractivity contribution in [3.63, 3.8) is 0 Å². The van der Waals surface area contributed by atoms with E-state index in [2.05, 4.69) is 0 Å². The molecular weight excluding hydrogens is 113 g/mol. The first-order valence-electron chi connectivity index (χ1n) is 2.03. The van der Waals surface area contributed by atoms with E-state index in [4.69, 9.17) is 0 Å². The molecule has 1 rings (SSSR count). The molecule has 0 amide bonds. The Labute approximate surface area is 70.0 Å². The number of aromatic nitrogens is 1. The normalized spacial score (nSPS) is 7.50. The van der Waals surface area contributed by atoms with Crippen molar-refractivity contribution in [3.05, 3.63) is 35.8 Å². The first-order valence-corrected chi connectivity index (χ1v) is 2.03. The van der Waals surface area contributed by atoms with Crippen molar-refractivity contribution >= 4 is 29.6 Å². The molecule has 0 atom stereocenters. The minimum atomic E-state index is 0. The molecule has 8 heavy (non-hydrogen) atoms. The molecule has 0 N–H and O–H groups in total. The zero-order chi connectivity index (χ0) is 5.11. The average Bonchev–Trinajstić information content (AvgIpc) is 1.69. The predicted molar refractivity (Wildman–Crippen MR) is 31.2 cm³/mol. The number of pyridine rings is 1. The zero-order valence-corrected chi connectivity index (χ0v) is 6.74. The Balaban J connectivity index is 0.000000490. The molecule has 0 spiro atoms. The zero-order valence-electron chi connectivity index (χ0n) is 4.74. The molecule has 1 radical (unpaired) electrons. The maximum absolute atomic E-state index is 10.2. The molecule has 0 aliphatic rings. The Morgan fingerprint density at radius 3 is 1.75 bits per heavy atom. The van der Waals surface area contributed by atoms with Crippen molar-refractivity contribution in [2.75, 3.05) is 0 Å². The molecular formula is C5H5NNaO. The van der Waals surface area contributed by atoms with Gasteiger partial charge in [0.15, 0.2) is 12.4 Å². The summed E-state index contributed by atoms with van der Waals surface area (Å²) in [6.45, 7) is 0. The van der Waals surface area contributed by atoms with E-state index in [1.165, 1.54) is 12.4 Å². The number of hydrogen-bond donors (Lipinski definition) is 0. The molecule has 0 unspecified atom stereocenters. The van der Waals surface area contributed by atoms with E-state index in [1.54, 1.807) is 18.2 Å². The van der Waals surface area contributed by atoms with Gasteiger partial charge < -0.3 is 5.21 Å². The van der Waals surface area contributed by atoms with Gasteiger partial charge in [-0.05, 0) is 0 Å². The SMILES string of the molecule is [Na].[O-][n+]1ccccc1. The standard InChI is InChI=1S/C5H5NO.Na/c7-6-4-2-1-3-5-6;/h1-5H;. The summed E-state index contributed by atoms with van der Waals surface area (Å²) in [5.74, 6) is 0. The molecule has 0 fully saturated rings. The van der Waals surface area contributed by atoms with Gasteiger partial charge in [-0.15, -0.1) is 0 Å². The molecule has 2 nitrogen and oxygen atoms in total. The minimum absolute atomic E-state index is 0. The predicted octanol–water partition coefficient (Wildman–Crippen LogP) is -0.0608. The van der Waals surface area contributed by atoms with Gasteiger partial charge in [0.2, 0.25) is 0 Å². The van der Waals surface area contributed by atoms with E-state index < -0.39 is 0 Å². The third kappa shape index (κ3) is 2.31. The van der Waals surface area contributed by atoms with Gasteiger partial charge in [0.25, 0.3) is 0 Å². The molecule has 3 heteroatoms. The summed E-state index contributed by atoms with van der Waals surface area (Å²) in [6.07, 6.45) is 2.89. The van der Waals surface area contributed by atoms with Gasteiger partial charge >= 0.3 is 0 Å². The maximum Gasteiger partial charge on any atom is 0.180 e. The van der Waals surface area contributed by atoms with E-state index in [1.807, 2.05) is 0 Å². The number of hydrogen-bond acceptors (Lipinski definition) is 1. The smallest absolute Gasteiger partial charge is 0.180 e. The molecule has 0 aliphatic carbocycles. The fourth-order valence-corrected chi connectivity index (χ4v) is 0.383. The Morgan fingerprint density at radius 2 is 1.50 bits per heavy atom. The van der Waals surface area contributed by atoms with Crippen LogP contribution in [0.1, 0.15) is 0 Å². The average molecular weight is 118 g/mol. The maximum atomic E-state index is 10.2. The van der Waals surface area contributed by atoms with Crippen molar-refractivity contribution < 1.29 is 4.73 Å². The van der Waals surface area contributed by atoms with Crippen molar-refractivity contribution in [2.24, 2.45) is 0 Å². The summed E-state index contributed by atoms with van der Waals surface area (Å²) in [6, 6.07) is 5.18. The van der Waals surface area contributed by atoms with Gasteiger partial charge in [0.05, 0.1) is 0 Å². The fraction of sp³-hybridized carbons (Fsp3) is 0. The van der Waals surface area contributed by atoms with Crippen molar-refractivity contribution in [2.45, 2.75) is 0 Å². The van der Waals surface area contributed by atoms with Crippen LogP contribution in [0.3, 0.4) is 0 Å². The first-order chi connectivity index (χ1) is 3.39. The molecule has 0 saturated heterocycles. The molecule has 1 heterocycles. The van der Waals surface area contributed by atoms with Crippen molar-refractivity contribution in [3.8, 4) is 0 Å². The fourth-order valence-electron chi connectivity index (χ4n) is 0.383. The molecule has 0 aromatic carbocycles. The van der Waals surface area contributed by atoms with Gasteiger partial charge in [-0.1, -0.05) is 6.07 Å². The van der Waals surface area contributed by atoms with Crippen LogP contribution in [-0.4, -0.2) is 29.6 Å². The summed E-state index contributed by atoms with van der Waals surface area (Å²) in [5, 5.41) is 10.2. The monoisotopic (exact) mass is 118 g/mol. The molecule has 1 aromatic rings. The molecule has 0 bridgehead atoms. The van der Waals surface area contributed by atoms with E-state index >= 15 is 0 Å². The number of rotatable bonds is 0. The molecule has 0 saturated carbocycles. The third-order valence-electron chi connectivity index (χ3n) is 0.688.